The molecule has 5 nitrogen and oxygen atoms in total. The lowest BCUT2D eigenvalue weighted by Gasteiger charge is -2.08. The van der Waals surface area contributed by atoms with Crippen molar-refractivity contribution in [1.29, 1.82) is 0 Å². The summed E-state index contributed by atoms with van der Waals surface area (Å²) in [7, 11) is 1.57. The molecule has 22 heavy (non-hydrogen) atoms. The highest BCUT2D eigenvalue weighted by Crippen LogP contribution is 2.26. The number of nitrogens with one attached hydrogen (secondary N) is 1. The normalized spacial score (nSPS) is 11.1. The highest BCUT2D eigenvalue weighted by molar-refractivity contribution is 6.32. The fourth-order valence-electron chi connectivity index (χ4n) is 1.78. The predicted octanol–water partition coefficient (Wildman–Crippen LogP) is 3.15. The molecule has 0 fully saturated rings. The third-order valence-corrected chi connectivity index (χ3v) is 3.10. The number of aliphatic imine (C=N–C) groups is 1. The Bertz CT molecular complexity index is 633. The van der Waals surface area contributed by atoms with Crippen molar-refractivity contribution in [3.63, 3.8) is 0 Å². The first-order valence-electron chi connectivity index (χ1n) is 6.77. The third-order valence-electron chi connectivity index (χ3n) is 2.81. The van der Waals surface area contributed by atoms with Crippen LogP contribution in [-0.2, 0) is 0 Å². The second kappa shape index (κ2) is 8.14. The lowest BCUT2D eigenvalue weighted by atomic mass is 10.3. The molecule has 0 spiro atoms. The van der Waals surface area contributed by atoms with E-state index < -0.39 is 0 Å². The van der Waals surface area contributed by atoms with Gasteiger partial charge >= 0.3 is 0 Å². The number of rotatable bonds is 6. The van der Waals surface area contributed by atoms with E-state index in [1.165, 1.54) is 0 Å². The first-order chi connectivity index (χ1) is 10.7. The summed E-state index contributed by atoms with van der Waals surface area (Å²) in [5, 5.41) is 3.47. The number of para-hydroxylation sites is 1. The molecule has 0 atom stereocenters. The second-order valence-electron chi connectivity index (χ2n) is 4.40. The van der Waals surface area contributed by atoms with Crippen molar-refractivity contribution >= 4 is 23.2 Å². The predicted molar refractivity (Wildman–Crippen MR) is 90.1 cm³/mol. The largest absolute Gasteiger partial charge is 0.495 e. The quantitative estimate of drug-likeness (QED) is 0.487. The fourth-order valence-corrected chi connectivity index (χ4v) is 2.04. The van der Waals surface area contributed by atoms with Gasteiger partial charge in [-0.3, -0.25) is 0 Å². The Balaban J connectivity index is 1.81. The van der Waals surface area contributed by atoms with Crippen molar-refractivity contribution in [2.24, 2.45) is 10.7 Å². The maximum atomic E-state index is 6.04. The maximum absolute atomic E-state index is 6.04. The number of anilines is 1. The highest BCUT2D eigenvalue weighted by Gasteiger charge is 2.02. The Kier molecular flexibility index (Phi) is 5.91. The van der Waals surface area contributed by atoms with Crippen molar-refractivity contribution in [1.82, 2.24) is 0 Å². The number of hydrogen-bond donors (Lipinski definition) is 2. The Hall–Kier alpha value is -2.40. The Labute approximate surface area is 134 Å². The number of halogens is 1. The highest BCUT2D eigenvalue weighted by atomic mass is 35.5. The molecule has 0 aliphatic rings. The smallest absolute Gasteiger partial charge is 0.193 e. The third kappa shape index (κ3) is 4.86. The molecule has 2 rings (SSSR count). The van der Waals surface area contributed by atoms with Crippen LogP contribution in [0.3, 0.4) is 0 Å². The monoisotopic (exact) mass is 319 g/mol. The summed E-state index contributed by atoms with van der Waals surface area (Å²) >= 11 is 6.04. The summed E-state index contributed by atoms with van der Waals surface area (Å²) < 4.78 is 10.6. The molecule has 0 radical (unpaired) electrons. The van der Waals surface area contributed by atoms with Crippen LogP contribution in [0.4, 0.5) is 5.69 Å². The molecule has 0 saturated carbocycles. The molecule has 0 aromatic heterocycles. The number of methoxy groups -OCH3 is 1. The van der Waals surface area contributed by atoms with E-state index in [1.807, 2.05) is 36.4 Å². The molecule has 116 valence electrons. The summed E-state index contributed by atoms with van der Waals surface area (Å²) in [4.78, 5) is 4.19. The van der Waals surface area contributed by atoms with E-state index in [-0.39, 0.29) is 0 Å². The lowest BCUT2D eigenvalue weighted by molar-refractivity contribution is 0.329. The van der Waals surface area contributed by atoms with Crippen molar-refractivity contribution in [3.05, 3.63) is 53.6 Å². The van der Waals surface area contributed by atoms with Crippen LogP contribution in [0, 0.1) is 0 Å². The van der Waals surface area contributed by atoms with Crippen LogP contribution in [0.15, 0.2) is 53.5 Å². The first-order valence-corrected chi connectivity index (χ1v) is 7.15. The van der Waals surface area contributed by atoms with Crippen molar-refractivity contribution < 1.29 is 9.47 Å². The van der Waals surface area contributed by atoms with Crippen molar-refractivity contribution in [3.8, 4) is 11.5 Å². The van der Waals surface area contributed by atoms with Gasteiger partial charge in [-0.1, -0.05) is 29.8 Å². The van der Waals surface area contributed by atoms with Gasteiger partial charge in [-0.05, 0) is 30.3 Å². The van der Waals surface area contributed by atoms with Gasteiger partial charge < -0.3 is 20.5 Å². The zero-order chi connectivity index (χ0) is 15.8. The molecule has 2 aromatic carbocycles. The van der Waals surface area contributed by atoms with Crippen LogP contribution >= 0.6 is 11.6 Å². The molecule has 0 aliphatic carbocycles. The average Bonchev–Trinajstić information content (AvgIpc) is 2.53. The van der Waals surface area contributed by atoms with E-state index in [2.05, 4.69) is 10.3 Å². The Morgan fingerprint density at radius 1 is 1.23 bits per heavy atom. The number of benzene rings is 2. The SMILES string of the molecule is COc1ccc(NC(N)=NCCOc2ccccc2)cc1Cl. The van der Waals surface area contributed by atoms with E-state index in [1.54, 1.807) is 19.2 Å². The van der Waals surface area contributed by atoms with Gasteiger partial charge in [-0.2, -0.15) is 0 Å². The van der Waals surface area contributed by atoms with Crippen LogP contribution < -0.4 is 20.5 Å². The average molecular weight is 320 g/mol. The zero-order valence-electron chi connectivity index (χ0n) is 12.3. The second-order valence-corrected chi connectivity index (χ2v) is 4.81. The topological polar surface area (TPSA) is 68.9 Å². The molecule has 0 aliphatic heterocycles. The summed E-state index contributed by atoms with van der Waals surface area (Å²) in [5.74, 6) is 1.73. The molecule has 2 aromatic rings. The molecule has 0 amide bonds. The molecule has 0 heterocycles. The van der Waals surface area contributed by atoms with E-state index >= 15 is 0 Å². The van der Waals surface area contributed by atoms with E-state index in [0.29, 0.717) is 29.9 Å². The number of guanidine groups is 1. The van der Waals surface area contributed by atoms with Gasteiger partial charge in [0.05, 0.1) is 18.7 Å². The van der Waals surface area contributed by atoms with Gasteiger partial charge in [0.1, 0.15) is 18.1 Å². The molecule has 6 heteroatoms. The molecule has 3 N–H and O–H groups in total. The van der Waals surface area contributed by atoms with E-state index in [0.717, 1.165) is 11.4 Å². The van der Waals surface area contributed by atoms with Gasteiger partial charge in [0.25, 0.3) is 0 Å². The van der Waals surface area contributed by atoms with Crippen LogP contribution in [0.5, 0.6) is 11.5 Å². The Morgan fingerprint density at radius 3 is 2.68 bits per heavy atom. The summed E-state index contributed by atoms with van der Waals surface area (Å²) in [5.41, 5.74) is 6.56. The van der Waals surface area contributed by atoms with E-state index in [4.69, 9.17) is 26.8 Å². The number of hydrogen-bond acceptors (Lipinski definition) is 3. The van der Waals surface area contributed by atoms with E-state index in [9.17, 15) is 0 Å². The van der Waals surface area contributed by atoms with Crippen LogP contribution in [-0.4, -0.2) is 26.2 Å². The maximum Gasteiger partial charge on any atom is 0.193 e. The minimum Gasteiger partial charge on any atom is -0.495 e. The molecular weight excluding hydrogens is 302 g/mol. The number of nitrogens with zero attached hydrogens (tertiary/aromatic N) is 1. The number of nitrogens with two attached hydrogens (primary N) is 1. The van der Waals surface area contributed by atoms with Gasteiger partial charge in [0, 0.05) is 5.69 Å². The van der Waals surface area contributed by atoms with Gasteiger partial charge in [-0.15, -0.1) is 0 Å². The first kappa shape index (κ1) is 16.0. The minimum absolute atomic E-state index is 0.304. The van der Waals surface area contributed by atoms with Gasteiger partial charge in [0.2, 0.25) is 0 Å². The molecule has 0 bridgehead atoms. The zero-order valence-corrected chi connectivity index (χ0v) is 13.0. The van der Waals surface area contributed by atoms with Gasteiger partial charge in [0.15, 0.2) is 5.96 Å². The summed E-state index contributed by atoms with van der Waals surface area (Å²) in [6, 6.07) is 14.9. The van der Waals surface area contributed by atoms with Crippen molar-refractivity contribution in [2.45, 2.75) is 0 Å². The standard InChI is InChI=1S/C16H18ClN3O2/c1-21-15-8-7-12(11-14(15)17)20-16(18)19-9-10-22-13-5-3-2-4-6-13/h2-8,11H,9-10H2,1H3,(H3,18,19,20). The minimum atomic E-state index is 0.304. The number of ether oxygens (including phenoxy) is 2. The Morgan fingerprint density at radius 2 is 2.00 bits per heavy atom. The van der Waals surface area contributed by atoms with Crippen LogP contribution in [0.1, 0.15) is 0 Å². The molecular formula is C16H18ClN3O2. The molecule has 0 unspecified atom stereocenters. The van der Waals surface area contributed by atoms with Crippen LogP contribution in [0.25, 0.3) is 0 Å². The lowest BCUT2D eigenvalue weighted by Crippen LogP contribution is -2.23. The fraction of sp³-hybridized carbons (Fsp3) is 0.188. The van der Waals surface area contributed by atoms with Gasteiger partial charge in [-0.25, -0.2) is 4.99 Å². The molecule has 0 saturated heterocycles. The summed E-state index contributed by atoms with van der Waals surface area (Å²) in [6.07, 6.45) is 0. The summed E-state index contributed by atoms with van der Waals surface area (Å²) in [6.45, 7) is 0.910. The van der Waals surface area contributed by atoms with Crippen molar-refractivity contribution in [2.75, 3.05) is 25.6 Å². The van der Waals surface area contributed by atoms with Crippen LogP contribution in [0.2, 0.25) is 5.02 Å².